The van der Waals surface area contributed by atoms with Crippen LogP contribution in [0.15, 0.2) is 18.2 Å². The molecule has 1 fully saturated rings. The summed E-state index contributed by atoms with van der Waals surface area (Å²) in [6.07, 6.45) is 0.464. The van der Waals surface area contributed by atoms with Crippen LogP contribution in [0.1, 0.15) is 6.42 Å². The van der Waals surface area contributed by atoms with Crippen LogP contribution in [-0.2, 0) is 4.79 Å². The molecular weight excluding hydrogens is 291 g/mol. The molecule has 1 atom stereocenters. The molecule has 7 heteroatoms. The van der Waals surface area contributed by atoms with Gasteiger partial charge in [-0.25, -0.2) is 4.79 Å². The Hall–Kier alpha value is -1.46. The van der Waals surface area contributed by atoms with Crippen LogP contribution in [0, 0.1) is 5.92 Å². The summed E-state index contributed by atoms with van der Waals surface area (Å²) in [5, 5.41) is 12.1. The Kier molecular flexibility index (Phi) is 4.17. The van der Waals surface area contributed by atoms with Crippen molar-refractivity contribution < 1.29 is 14.7 Å². The van der Waals surface area contributed by atoms with E-state index in [1.165, 1.54) is 4.90 Å². The van der Waals surface area contributed by atoms with Gasteiger partial charge in [0.2, 0.25) is 0 Å². The van der Waals surface area contributed by atoms with E-state index >= 15 is 0 Å². The molecule has 1 aliphatic heterocycles. The molecule has 102 valence electrons. The largest absolute Gasteiger partial charge is 0.481 e. The fraction of sp³-hybridized carbons (Fsp3) is 0.333. The zero-order valence-corrected chi connectivity index (χ0v) is 11.4. The number of halogens is 2. The van der Waals surface area contributed by atoms with Crippen LogP contribution in [0.5, 0.6) is 0 Å². The van der Waals surface area contributed by atoms with Crippen molar-refractivity contribution in [3.63, 3.8) is 0 Å². The molecule has 0 saturated carbocycles. The Bertz CT molecular complexity index is 522. The number of rotatable bonds is 2. The van der Waals surface area contributed by atoms with Crippen molar-refractivity contribution in [2.45, 2.75) is 6.42 Å². The van der Waals surface area contributed by atoms with Crippen molar-refractivity contribution in [1.29, 1.82) is 0 Å². The number of nitrogens with zero attached hydrogens (tertiary/aromatic N) is 1. The lowest BCUT2D eigenvalue weighted by atomic mass is 10.1. The molecule has 0 bridgehead atoms. The third-order valence-corrected chi connectivity index (χ3v) is 3.84. The van der Waals surface area contributed by atoms with Crippen molar-refractivity contribution in [2.24, 2.45) is 5.92 Å². The smallest absolute Gasteiger partial charge is 0.321 e. The minimum Gasteiger partial charge on any atom is -0.481 e. The molecule has 1 aromatic carbocycles. The van der Waals surface area contributed by atoms with Gasteiger partial charge in [0.05, 0.1) is 21.7 Å². The molecule has 2 N–H and O–H groups in total. The lowest BCUT2D eigenvalue weighted by molar-refractivity contribution is -0.141. The molecule has 0 aliphatic carbocycles. The van der Waals surface area contributed by atoms with Crippen LogP contribution in [0.25, 0.3) is 0 Å². The average molecular weight is 303 g/mol. The Morgan fingerprint density at radius 2 is 2.11 bits per heavy atom. The number of carboxylic acid groups (broad SMARTS) is 1. The number of aliphatic carboxylic acids is 1. The van der Waals surface area contributed by atoms with Crippen LogP contribution in [0.4, 0.5) is 10.5 Å². The summed E-state index contributed by atoms with van der Waals surface area (Å²) >= 11 is 11.8. The van der Waals surface area contributed by atoms with Crippen LogP contribution >= 0.6 is 23.2 Å². The van der Waals surface area contributed by atoms with Crippen molar-refractivity contribution in [2.75, 3.05) is 18.4 Å². The highest BCUT2D eigenvalue weighted by Crippen LogP contribution is 2.30. The maximum absolute atomic E-state index is 12.0. The number of carbonyl (C=O) groups excluding carboxylic acids is 1. The van der Waals surface area contributed by atoms with Gasteiger partial charge in [-0.3, -0.25) is 4.79 Å². The van der Waals surface area contributed by atoms with Crippen LogP contribution in [0.3, 0.4) is 0 Å². The number of amides is 2. The first-order valence-corrected chi connectivity index (χ1v) is 6.47. The number of carbonyl (C=O) groups is 2. The van der Waals surface area contributed by atoms with E-state index in [0.29, 0.717) is 23.7 Å². The predicted molar refractivity (Wildman–Crippen MR) is 72.8 cm³/mol. The van der Waals surface area contributed by atoms with Crippen LogP contribution in [0.2, 0.25) is 10.0 Å². The second kappa shape index (κ2) is 5.67. The summed E-state index contributed by atoms with van der Waals surface area (Å²) in [6.45, 7) is 0.625. The topological polar surface area (TPSA) is 69.6 Å². The van der Waals surface area contributed by atoms with Crippen LogP contribution < -0.4 is 5.32 Å². The SMILES string of the molecule is O=C(O)C1CCN(C(=O)Nc2cccc(Cl)c2Cl)C1. The molecule has 1 aromatic rings. The molecule has 1 unspecified atom stereocenters. The first kappa shape index (κ1) is 14.0. The lowest BCUT2D eigenvalue weighted by Crippen LogP contribution is -2.33. The van der Waals surface area contributed by atoms with Gasteiger partial charge in [0.15, 0.2) is 0 Å². The zero-order chi connectivity index (χ0) is 14.0. The van der Waals surface area contributed by atoms with E-state index in [0.717, 1.165) is 0 Å². The number of urea groups is 1. The van der Waals surface area contributed by atoms with E-state index in [2.05, 4.69) is 5.32 Å². The summed E-state index contributed by atoms with van der Waals surface area (Å²) in [5.74, 6) is -1.38. The number of carboxylic acids is 1. The fourth-order valence-corrected chi connectivity index (χ4v) is 2.29. The number of anilines is 1. The van der Waals surface area contributed by atoms with Crippen molar-refractivity contribution >= 4 is 40.9 Å². The molecule has 0 radical (unpaired) electrons. The molecule has 0 spiro atoms. The third-order valence-electron chi connectivity index (χ3n) is 3.02. The first-order valence-electron chi connectivity index (χ1n) is 5.72. The minimum atomic E-state index is -0.879. The highest BCUT2D eigenvalue weighted by atomic mass is 35.5. The van der Waals surface area contributed by atoms with Crippen molar-refractivity contribution in [3.8, 4) is 0 Å². The van der Waals surface area contributed by atoms with Crippen molar-refractivity contribution in [1.82, 2.24) is 4.90 Å². The van der Waals surface area contributed by atoms with Gasteiger partial charge in [-0.05, 0) is 18.6 Å². The maximum atomic E-state index is 12.0. The van der Waals surface area contributed by atoms with Gasteiger partial charge in [-0.15, -0.1) is 0 Å². The summed E-state index contributed by atoms with van der Waals surface area (Å²) in [6, 6.07) is 4.56. The number of nitrogens with one attached hydrogen (secondary N) is 1. The molecular formula is C12H12Cl2N2O3. The molecule has 1 heterocycles. The summed E-state index contributed by atoms with van der Waals surface area (Å²) in [4.78, 5) is 24.3. The van der Waals surface area contributed by atoms with Gasteiger partial charge in [0.1, 0.15) is 0 Å². The van der Waals surface area contributed by atoms with E-state index in [1.807, 2.05) is 0 Å². The van der Waals surface area contributed by atoms with Gasteiger partial charge < -0.3 is 15.3 Å². The monoisotopic (exact) mass is 302 g/mol. The quantitative estimate of drug-likeness (QED) is 0.882. The number of likely N-dealkylation sites (tertiary alicyclic amines) is 1. The second-order valence-electron chi connectivity index (χ2n) is 4.30. The Balaban J connectivity index is 2.02. The standard InChI is InChI=1S/C12H12Cl2N2O3/c13-8-2-1-3-9(10(8)14)15-12(19)16-5-4-7(6-16)11(17)18/h1-3,7H,4-6H2,(H,15,19)(H,17,18). The van der Waals surface area contributed by atoms with Gasteiger partial charge in [-0.1, -0.05) is 29.3 Å². The number of hydrogen-bond acceptors (Lipinski definition) is 2. The van der Waals surface area contributed by atoms with Gasteiger partial charge in [0.25, 0.3) is 0 Å². The number of hydrogen-bond donors (Lipinski definition) is 2. The Labute approximate surface area is 120 Å². The summed E-state index contributed by atoms with van der Waals surface area (Å²) < 4.78 is 0. The molecule has 1 aliphatic rings. The van der Waals surface area contributed by atoms with Gasteiger partial charge >= 0.3 is 12.0 Å². The molecule has 2 amide bonds. The molecule has 0 aromatic heterocycles. The number of benzene rings is 1. The van der Waals surface area contributed by atoms with E-state index in [4.69, 9.17) is 28.3 Å². The predicted octanol–water partition coefficient (Wildman–Crippen LogP) is 2.93. The highest BCUT2D eigenvalue weighted by molar-refractivity contribution is 6.43. The first-order chi connectivity index (χ1) is 8.99. The van der Waals surface area contributed by atoms with Crippen molar-refractivity contribution in [3.05, 3.63) is 28.2 Å². The van der Waals surface area contributed by atoms with Gasteiger partial charge in [0, 0.05) is 13.1 Å². The van der Waals surface area contributed by atoms with Crippen LogP contribution in [-0.4, -0.2) is 35.1 Å². The Morgan fingerprint density at radius 3 is 2.74 bits per heavy atom. The molecule has 5 nitrogen and oxygen atoms in total. The molecule has 2 rings (SSSR count). The second-order valence-corrected chi connectivity index (χ2v) is 5.09. The summed E-state index contributed by atoms with van der Waals surface area (Å²) in [7, 11) is 0. The molecule has 19 heavy (non-hydrogen) atoms. The summed E-state index contributed by atoms with van der Waals surface area (Å²) in [5.41, 5.74) is 0.415. The normalized spacial score (nSPS) is 18.4. The highest BCUT2D eigenvalue weighted by Gasteiger charge is 2.31. The van der Waals surface area contributed by atoms with E-state index < -0.39 is 11.9 Å². The fourth-order valence-electron chi connectivity index (χ4n) is 1.94. The Morgan fingerprint density at radius 1 is 1.37 bits per heavy atom. The average Bonchev–Trinajstić information content (AvgIpc) is 2.84. The molecule has 1 saturated heterocycles. The minimum absolute atomic E-state index is 0.208. The third kappa shape index (κ3) is 3.11. The van der Waals surface area contributed by atoms with E-state index in [1.54, 1.807) is 18.2 Å². The van der Waals surface area contributed by atoms with E-state index in [-0.39, 0.29) is 17.6 Å². The van der Waals surface area contributed by atoms with Gasteiger partial charge in [-0.2, -0.15) is 0 Å². The lowest BCUT2D eigenvalue weighted by Gasteiger charge is -2.17. The maximum Gasteiger partial charge on any atom is 0.321 e. The van der Waals surface area contributed by atoms with E-state index in [9.17, 15) is 9.59 Å². The zero-order valence-electron chi connectivity index (χ0n) is 9.90.